The van der Waals surface area contributed by atoms with Crippen molar-refractivity contribution in [1.82, 2.24) is 20.2 Å². The zero-order chi connectivity index (χ0) is 35.2. The van der Waals surface area contributed by atoms with E-state index in [1.165, 1.54) is 53.5 Å². The highest BCUT2D eigenvalue weighted by Gasteiger charge is 2.30. The molecule has 0 bridgehead atoms. The molecule has 1 atom stereocenters. The lowest BCUT2D eigenvalue weighted by atomic mass is 10.0. The monoisotopic (exact) mass is 686 g/mol. The molecule has 3 amide bonds. The SMILES string of the molecule is CC.CCCN(CCC(C)CC)Cc1ccc(NC(=O)CSc2ncnc3c2CNC(=O)N3c2ccc(Oc3ccccc3)c(F)c2)cc1. The summed E-state index contributed by atoms with van der Waals surface area (Å²) in [6.07, 6.45) is 4.85. The zero-order valence-electron chi connectivity index (χ0n) is 29.0. The van der Waals surface area contributed by atoms with E-state index in [0.717, 1.165) is 37.7 Å². The number of carbonyl (C=O) groups excluding carboxylic acids is 2. The summed E-state index contributed by atoms with van der Waals surface area (Å²) in [6, 6.07) is 20.7. The maximum absolute atomic E-state index is 15.1. The number of carbonyl (C=O) groups is 2. The molecule has 0 aliphatic carbocycles. The summed E-state index contributed by atoms with van der Waals surface area (Å²) in [6.45, 7) is 14.0. The minimum Gasteiger partial charge on any atom is -0.454 e. The van der Waals surface area contributed by atoms with E-state index in [9.17, 15) is 9.59 Å². The van der Waals surface area contributed by atoms with Crippen LogP contribution in [-0.4, -0.2) is 45.6 Å². The van der Waals surface area contributed by atoms with Crippen molar-refractivity contribution in [3.05, 3.63) is 96.1 Å². The van der Waals surface area contributed by atoms with Gasteiger partial charge >= 0.3 is 6.03 Å². The molecule has 0 spiro atoms. The molecule has 11 heteroatoms. The molecule has 1 aliphatic rings. The van der Waals surface area contributed by atoms with E-state index >= 15 is 4.39 Å². The molecule has 0 saturated carbocycles. The molecule has 2 N–H and O–H groups in total. The van der Waals surface area contributed by atoms with Crippen molar-refractivity contribution >= 4 is 40.9 Å². The average Bonchev–Trinajstić information content (AvgIpc) is 3.12. The van der Waals surface area contributed by atoms with Crippen LogP contribution in [0.25, 0.3) is 0 Å². The molecule has 0 fully saturated rings. The molecule has 2 heterocycles. The minimum atomic E-state index is -0.625. The number of benzene rings is 3. The summed E-state index contributed by atoms with van der Waals surface area (Å²) in [7, 11) is 0. The number of urea groups is 1. The number of thioether (sulfide) groups is 1. The van der Waals surface area contributed by atoms with Crippen LogP contribution in [0.3, 0.4) is 0 Å². The Hall–Kier alpha value is -4.48. The predicted octanol–water partition coefficient (Wildman–Crippen LogP) is 9.17. The lowest BCUT2D eigenvalue weighted by Crippen LogP contribution is -2.42. The fourth-order valence-electron chi connectivity index (χ4n) is 5.24. The number of fused-ring (bicyclic) bond motifs is 1. The Morgan fingerprint density at radius 1 is 1.06 bits per heavy atom. The summed E-state index contributed by atoms with van der Waals surface area (Å²) in [4.78, 5) is 38.4. The standard InChI is InChI=1S/C36H41FN6O3S.C2H6/c1-4-18-42(19-17-25(3)5-2)22-26-11-13-27(14-12-26)41-33(44)23-47-35-30-21-38-36(45)43(34(30)39-24-40-35)28-15-16-32(31(37)20-28)46-29-9-7-6-8-10-29;1-2/h6-16,20,24-25H,4-5,17-19,21-23H2,1-3H3,(H,38,45)(H,41,44);1-2H3. The van der Waals surface area contributed by atoms with Gasteiger partial charge in [0.25, 0.3) is 0 Å². The van der Waals surface area contributed by atoms with Crippen LogP contribution in [-0.2, 0) is 17.9 Å². The smallest absolute Gasteiger partial charge is 0.327 e. The molecular weight excluding hydrogens is 640 g/mol. The van der Waals surface area contributed by atoms with E-state index in [1.54, 1.807) is 30.3 Å². The topological polar surface area (TPSA) is 99.7 Å². The molecule has 1 aromatic heterocycles. The van der Waals surface area contributed by atoms with Gasteiger partial charge in [-0.2, -0.15) is 0 Å². The molecule has 0 radical (unpaired) electrons. The summed E-state index contributed by atoms with van der Waals surface area (Å²) in [5.41, 5.74) is 2.87. The summed E-state index contributed by atoms with van der Waals surface area (Å²) < 4.78 is 20.7. The Morgan fingerprint density at radius 3 is 2.51 bits per heavy atom. The zero-order valence-corrected chi connectivity index (χ0v) is 29.9. The second-order valence-electron chi connectivity index (χ2n) is 11.6. The first kappa shape index (κ1) is 37.3. The van der Waals surface area contributed by atoms with Gasteiger partial charge in [0.05, 0.1) is 18.0 Å². The van der Waals surface area contributed by atoms with Crippen LogP contribution in [0.1, 0.15) is 65.0 Å². The normalized spacial score (nSPS) is 12.8. The number of nitrogens with zero attached hydrogens (tertiary/aromatic N) is 4. The molecule has 260 valence electrons. The molecule has 1 aliphatic heterocycles. The van der Waals surface area contributed by atoms with Gasteiger partial charge in [-0.05, 0) is 73.8 Å². The predicted molar refractivity (Wildman–Crippen MR) is 196 cm³/mol. The minimum absolute atomic E-state index is 0.0349. The highest BCUT2D eigenvalue weighted by molar-refractivity contribution is 8.00. The fourth-order valence-corrected chi connectivity index (χ4v) is 6.04. The molecule has 0 saturated heterocycles. The van der Waals surface area contributed by atoms with Crippen molar-refractivity contribution in [2.45, 2.75) is 72.0 Å². The van der Waals surface area contributed by atoms with E-state index < -0.39 is 11.8 Å². The number of hydrogen-bond acceptors (Lipinski definition) is 7. The first-order valence-electron chi connectivity index (χ1n) is 17.0. The maximum Gasteiger partial charge on any atom is 0.327 e. The molecule has 1 unspecified atom stereocenters. The summed E-state index contributed by atoms with van der Waals surface area (Å²) in [5.74, 6) is 0.894. The van der Waals surface area contributed by atoms with Crippen molar-refractivity contribution in [2.24, 2.45) is 5.92 Å². The van der Waals surface area contributed by atoms with E-state index in [1.807, 2.05) is 32.0 Å². The highest BCUT2D eigenvalue weighted by Crippen LogP contribution is 2.36. The van der Waals surface area contributed by atoms with Gasteiger partial charge < -0.3 is 15.4 Å². The summed E-state index contributed by atoms with van der Waals surface area (Å²) >= 11 is 1.25. The second-order valence-corrected chi connectivity index (χ2v) is 12.6. The van der Waals surface area contributed by atoms with E-state index in [0.29, 0.717) is 22.2 Å². The number of nitrogens with one attached hydrogen (secondary N) is 2. The lowest BCUT2D eigenvalue weighted by Gasteiger charge is -2.29. The molecule has 49 heavy (non-hydrogen) atoms. The third-order valence-corrected chi connectivity index (χ3v) is 9.05. The van der Waals surface area contributed by atoms with Crippen LogP contribution >= 0.6 is 11.8 Å². The average molecular weight is 687 g/mol. The van der Waals surface area contributed by atoms with Gasteiger partial charge in [-0.15, -0.1) is 0 Å². The van der Waals surface area contributed by atoms with Crippen LogP contribution in [0.2, 0.25) is 0 Å². The van der Waals surface area contributed by atoms with Gasteiger partial charge in [0.2, 0.25) is 5.91 Å². The fraction of sp³-hybridized carbons (Fsp3) is 0.368. The maximum atomic E-state index is 15.1. The first-order chi connectivity index (χ1) is 23.8. The number of anilines is 3. The van der Waals surface area contributed by atoms with Crippen molar-refractivity contribution in [2.75, 3.05) is 29.1 Å². The van der Waals surface area contributed by atoms with E-state index in [4.69, 9.17) is 4.74 Å². The van der Waals surface area contributed by atoms with E-state index in [-0.39, 0.29) is 29.6 Å². The van der Waals surface area contributed by atoms with Gasteiger partial charge in [-0.3, -0.25) is 9.69 Å². The number of rotatable bonds is 15. The Bertz CT molecular complexity index is 1660. The Labute approximate surface area is 293 Å². The number of halogens is 1. The Kier molecular flexibility index (Phi) is 14.4. The van der Waals surface area contributed by atoms with Crippen LogP contribution in [0.5, 0.6) is 11.5 Å². The van der Waals surface area contributed by atoms with Crippen molar-refractivity contribution in [3.8, 4) is 11.5 Å². The van der Waals surface area contributed by atoms with Crippen molar-refractivity contribution in [3.63, 3.8) is 0 Å². The Morgan fingerprint density at radius 2 is 1.82 bits per heavy atom. The molecule has 9 nitrogen and oxygen atoms in total. The van der Waals surface area contributed by atoms with Crippen molar-refractivity contribution in [1.29, 1.82) is 0 Å². The number of hydrogen-bond donors (Lipinski definition) is 2. The first-order valence-corrected chi connectivity index (χ1v) is 18.0. The Balaban J connectivity index is 0.00000265. The third kappa shape index (κ3) is 10.5. The van der Waals surface area contributed by atoms with Crippen LogP contribution in [0.15, 0.2) is 84.1 Å². The third-order valence-electron chi connectivity index (χ3n) is 8.02. The van der Waals surface area contributed by atoms with Crippen LogP contribution in [0.4, 0.5) is 26.4 Å². The second kappa shape index (κ2) is 18.9. The van der Waals surface area contributed by atoms with Gasteiger partial charge in [-0.1, -0.05) is 83.1 Å². The van der Waals surface area contributed by atoms with Gasteiger partial charge in [-0.25, -0.2) is 24.1 Å². The lowest BCUT2D eigenvalue weighted by molar-refractivity contribution is -0.113. The quantitative estimate of drug-likeness (QED) is 0.0950. The van der Waals surface area contributed by atoms with Crippen molar-refractivity contribution < 1.29 is 18.7 Å². The van der Waals surface area contributed by atoms with Gasteiger partial charge in [0.15, 0.2) is 17.4 Å². The number of amides is 3. The number of ether oxygens (including phenoxy) is 1. The van der Waals surface area contributed by atoms with Gasteiger partial charge in [0.1, 0.15) is 17.1 Å². The largest absolute Gasteiger partial charge is 0.454 e. The summed E-state index contributed by atoms with van der Waals surface area (Å²) in [5, 5.41) is 6.33. The molecular formula is C38H47FN6O3S. The van der Waals surface area contributed by atoms with Crippen LogP contribution in [0, 0.1) is 11.7 Å². The molecule has 4 aromatic rings. The highest BCUT2D eigenvalue weighted by atomic mass is 32.2. The number of aromatic nitrogens is 2. The van der Waals surface area contributed by atoms with Crippen LogP contribution < -0.4 is 20.3 Å². The molecule has 3 aromatic carbocycles. The van der Waals surface area contributed by atoms with E-state index in [2.05, 4.69) is 58.4 Å². The number of para-hydroxylation sites is 1. The molecule has 5 rings (SSSR count). The van der Waals surface area contributed by atoms with Gasteiger partial charge in [0, 0.05) is 23.9 Å².